The van der Waals surface area contributed by atoms with Gasteiger partial charge in [0.15, 0.2) is 0 Å². The number of imide groups is 1. The van der Waals surface area contributed by atoms with Crippen molar-refractivity contribution in [3.63, 3.8) is 0 Å². The molecule has 0 aromatic rings. The van der Waals surface area contributed by atoms with Crippen molar-refractivity contribution in [1.82, 2.24) is 20.0 Å². The van der Waals surface area contributed by atoms with E-state index >= 15 is 0 Å². The van der Waals surface area contributed by atoms with E-state index in [9.17, 15) is 14.4 Å². The van der Waals surface area contributed by atoms with Gasteiger partial charge in [0.2, 0.25) is 5.91 Å². The van der Waals surface area contributed by atoms with Crippen LogP contribution in [0.25, 0.3) is 0 Å². The smallest absolute Gasteiger partial charge is 0.325 e. The standard InChI is InChI=1S/C21H36N4O3/c1-16-5-7-21(8-6-16)18(27)25(19(28)22-21)15-17(26)24-13-11-23(12-14-24)10-9-20(2,3)4/h16H,5-15H2,1-4H3,(H,22,28). The number of carbonyl (C=O) groups excluding carboxylic acids is 3. The van der Waals surface area contributed by atoms with Gasteiger partial charge in [-0.1, -0.05) is 27.7 Å². The third kappa shape index (κ3) is 4.67. The molecule has 158 valence electrons. The van der Waals surface area contributed by atoms with Crippen molar-refractivity contribution in [1.29, 1.82) is 0 Å². The van der Waals surface area contributed by atoms with Gasteiger partial charge < -0.3 is 10.2 Å². The number of urea groups is 1. The molecule has 2 aliphatic heterocycles. The van der Waals surface area contributed by atoms with Crippen LogP contribution in [0.15, 0.2) is 0 Å². The number of nitrogens with zero attached hydrogens (tertiary/aromatic N) is 3. The summed E-state index contributed by atoms with van der Waals surface area (Å²) in [4.78, 5) is 43.4. The van der Waals surface area contributed by atoms with E-state index in [-0.39, 0.29) is 18.4 Å². The molecule has 0 aromatic heterocycles. The normalized spacial score (nSPS) is 29.5. The second kappa shape index (κ2) is 8.01. The number of amides is 4. The average molecular weight is 393 g/mol. The van der Waals surface area contributed by atoms with Crippen molar-refractivity contribution in [2.75, 3.05) is 39.3 Å². The Bertz CT molecular complexity index is 612. The van der Waals surface area contributed by atoms with Crippen LogP contribution in [0.1, 0.15) is 59.8 Å². The number of hydrogen-bond donors (Lipinski definition) is 1. The van der Waals surface area contributed by atoms with Gasteiger partial charge in [-0.25, -0.2) is 4.79 Å². The number of rotatable bonds is 4. The van der Waals surface area contributed by atoms with Gasteiger partial charge in [0.25, 0.3) is 5.91 Å². The zero-order valence-electron chi connectivity index (χ0n) is 17.9. The zero-order chi connectivity index (χ0) is 20.5. The highest BCUT2D eigenvalue weighted by atomic mass is 16.2. The summed E-state index contributed by atoms with van der Waals surface area (Å²) in [5, 5.41) is 2.89. The SMILES string of the molecule is CC1CCC2(CC1)NC(=O)N(CC(=O)N1CCN(CCC(C)(C)C)CC1)C2=O. The summed E-state index contributed by atoms with van der Waals surface area (Å²) in [7, 11) is 0. The van der Waals surface area contributed by atoms with Crippen LogP contribution in [0.5, 0.6) is 0 Å². The first-order chi connectivity index (χ1) is 13.1. The molecular formula is C21H36N4O3. The van der Waals surface area contributed by atoms with E-state index in [2.05, 4.69) is 37.9 Å². The van der Waals surface area contributed by atoms with Crippen molar-refractivity contribution < 1.29 is 14.4 Å². The van der Waals surface area contributed by atoms with E-state index in [1.165, 1.54) is 0 Å². The Morgan fingerprint density at radius 2 is 1.71 bits per heavy atom. The molecule has 0 atom stereocenters. The van der Waals surface area contributed by atoms with Crippen molar-refractivity contribution in [2.24, 2.45) is 11.3 Å². The van der Waals surface area contributed by atoms with Crippen LogP contribution in [0.4, 0.5) is 4.79 Å². The molecule has 1 aliphatic carbocycles. The summed E-state index contributed by atoms with van der Waals surface area (Å²) in [6, 6.07) is -0.406. The first kappa shape index (κ1) is 21.1. The molecule has 0 aromatic carbocycles. The molecule has 3 rings (SSSR count). The Morgan fingerprint density at radius 3 is 2.29 bits per heavy atom. The summed E-state index contributed by atoms with van der Waals surface area (Å²) in [5.74, 6) is 0.252. The van der Waals surface area contributed by atoms with E-state index in [0.717, 1.165) is 43.8 Å². The highest BCUT2D eigenvalue weighted by molar-refractivity contribution is 6.09. The quantitative estimate of drug-likeness (QED) is 0.744. The van der Waals surface area contributed by atoms with Crippen LogP contribution in [0.2, 0.25) is 0 Å². The van der Waals surface area contributed by atoms with Crippen molar-refractivity contribution in [2.45, 2.75) is 65.3 Å². The van der Waals surface area contributed by atoms with E-state index in [1.807, 2.05) is 0 Å². The zero-order valence-corrected chi connectivity index (χ0v) is 17.9. The lowest BCUT2D eigenvalue weighted by atomic mass is 9.77. The van der Waals surface area contributed by atoms with Gasteiger partial charge in [0.05, 0.1) is 0 Å². The highest BCUT2D eigenvalue weighted by Crippen LogP contribution is 2.36. The first-order valence-corrected chi connectivity index (χ1v) is 10.7. The first-order valence-electron chi connectivity index (χ1n) is 10.7. The molecule has 3 aliphatic rings. The number of piperazine rings is 1. The van der Waals surface area contributed by atoms with Crippen molar-refractivity contribution >= 4 is 17.8 Å². The lowest BCUT2D eigenvalue weighted by molar-refractivity contribution is -0.140. The topological polar surface area (TPSA) is 73.0 Å². The molecule has 1 N–H and O–H groups in total. The molecule has 1 saturated carbocycles. The summed E-state index contributed by atoms with van der Waals surface area (Å²) in [6.45, 7) is 12.8. The highest BCUT2D eigenvalue weighted by Gasteiger charge is 2.52. The fourth-order valence-corrected chi connectivity index (χ4v) is 4.36. The van der Waals surface area contributed by atoms with Crippen molar-refractivity contribution in [3.05, 3.63) is 0 Å². The maximum Gasteiger partial charge on any atom is 0.325 e. The number of carbonyl (C=O) groups is 3. The molecule has 4 amide bonds. The molecule has 7 heteroatoms. The fourth-order valence-electron chi connectivity index (χ4n) is 4.36. The lowest BCUT2D eigenvalue weighted by Gasteiger charge is -2.36. The molecule has 3 fully saturated rings. The van der Waals surface area contributed by atoms with Gasteiger partial charge in [-0.15, -0.1) is 0 Å². The van der Waals surface area contributed by atoms with Gasteiger partial charge in [0.1, 0.15) is 12.1 Å². The third-order valence-corrected chi connectivity index (χ3v) is 6.57. The molecule has 0 bridgehead atoms. The molecule has 0 radical (unpaired) electrons. The fraction of sp³-hybridized carbons (Fsp3) is 0.857. The molecule has 1 spiro atoms. The van der Waals surface area contributed by atoms with Crippen LogP contribution >= 0.6 is 0 Å². The van der Waals surface area contributed by atoms with Gasteiger partial charge in [-0.2, -0.15) is 0 Å². The minimum absolute atomic E-state index is 0.125. The van der Waals surface area contributed by atoms with E-state index in [1.54, 1.807) is 4.90 Å². The summed E-state index contributed by atoms with van der Waals surface area (Å²) < 4.78 is 0. The number of hydrogen-bond acceptors (Lipinski definition) is 4. The third-order valence-electron chi connectivity index (χ3n) is 6.57. The molecule has 28 heavy (non-hydrogen) atoms. The lowest BCUT2D eigenvalue weighted by Crippen LogP contribution is -2.53. The molecule has 0 unspecified atom stereocenters. The largest absolute Gasteiger partial charge is 0.339 e. The van der Waals surface area contributed by atoms with Crippen LogP contribution in [-0.2, 0) is 9.59 Å². The summed E-state index contributed by atoms with van der Waals surface area (Å²) in [5.41, 5.74) is -0.459. The van der Waals surface area contributed by atoms with Crippen molar-refractivity contribution in [3.8, 4) is 0 Å². The van der Waals surface area contributed by atoms with Crippen LogP contribution in [0.3, 0.4) is 0 Å². The predicted octanol–water partition coefficient (Wildman–Crippen LogP) is 2.07. The molecular weight excluding hydrogens is 356 g/mol. The van der Waals surface area contributed by atoms with E-state index < -0.39 is 11.6 Å². The maximum atomic E-state index is 12.9. The van der Waals surface area contributed by atoms with Crippen LogP contribution in [-0.4, -0.2) is 77.4 Å². The van der Waals surface area contributed by atoms with Gasteiger partial charge in [-0.3, -0.25) is 19.4 Å². The van der Waals surface area contributed by atoms with Gasteiger partial charge >= 0.3 is 6.03 Å². The summed E-state index contributed by atoms with van der Waals surface area (Å²) in [6.07, 6.45) is 4.35. The Hall–Kier alpha value is -1.63. The average Bonchev–Trinajstić information content (AvgIpc) is 2.86. The summed E-state index contributed by atoms with van der Waals surface area (Å²) >= 11 is 0. The van der Waals surface area contributed by atoms with Crippen LogP contribution in [0, 0.1) is 11.3 Å². The predicted molar refractivity (Wildman–Crippen MR) is 108 cm³/mol. The molecule has 2 saturated heterocycles. The second-order valence-corrected chi connectivity index (χ2v) is 10.1. The maximum absolute atomic E-state index is 12.9. The van der Waals surface area contributed by atoms with Gasteiger partial charge in [-0.05, 0) is 50.0 Å². The van der Waals surface area contributed by atoms with Crippen LogP contribution < -0.4 is 5.32 Å². The van der Waals surface area contributed by atoms with E-state index in [0.29, 0.717) is 37.3 Å². The monoisotopic (exact) mass is 392 g/mol. The minimum atomic E-state index is -0.768. The Kier molecular flexibility index (Phi) is 6.03. The van der Waals surface area contributed by atoms with Gasteiger partial charge in [0, 0.05) is 26.2 Å². The Morgan fingerprint density at radius 1 is 1.11 bits per heavy atom. The Labute approximate surface area is 168 Å². The number of nitrogens with one attached hydrogen (secondary N) is 1. The Balaban J connectivity index is 1.50. The second-order valence-electron chi connectivity index (χ2n) is 10.1. The van der Waals surface area contributed by atoms with E-state index in [4.69, 9.17) is 0 Å². The molecule has 2 heterocycles. The molecule has 7 nitrogen and oxygen atoms in total. The minimum Gasteiger partial charge on any atom is -0.339 e.